The summed E-state index contributed by atoms with van der Waals surface area (Å²) in [5.41, 5.74) is 5.84. The lowest BCUT2D eigenvalue weighted by atomic mass is 9.85. The molecule has 4 heteroatoms. The van der Waals surface area contributed by atoms with Crippen LogP contribution in [-0.2, 0) is 12.8 Å². The molecule has 0 fully saturated rings. The molecular formula is C26H35ClN2O. The highest BCUT2D eigenvalue weighted by atomic mass is 35.5. The number of halogens is 1. The highest BCUT2D eigenvalue weighted by Gasteiger charge is 2.16. The Morgan fingerprint density at radius 2 is 2.03 bits per heavy atom. The molecule has 2 unspecified atom stereocenters. The van der Waals surface area contributed by atoms with Gasteiger partial charge in [0, 0.05) is 24.1 Å². The second kappa shape index (κ2) is 10.9. The molecule has 3 rings (SSSR count). The zero-order valence-electron chi connectivity index (χ0n) is 18.9. The number of rotatable bonds is 10. The fourth-order valence-electron chi connectivity index (χ4n) is 4.39. The molecule has 1 aromatic carbocycles. The van der Waals surface area contributed by atoms with Crippen molar-refractivity contribution in [2.75, 3.05) is 6.54 Å². The minimum atomic E-state index is 0.748. The highest BCUT2D eigenvalue weighted by Crippen LogP contribution is 2.31. The van der Waals surface area contributed by atoms with E-state index in [1.54, 1.807) is 0 Å². The van der Waals surface area contributed by atoms with Crippen molar-refractivity contribution in [1.29, 1.82) is 0 Å². The van der Waals surface area contributed by atoms with Crippen molar-refractivity contribution in [2.45, 2.75) is 72.6 Å². The number of fused-ring (bicyclic) bond motifs is 1. The molecule has 3 nitrogen and oxygen atoms in total. The van der Waals surface area contributed by atoms with Crippen molar-refractivity contribution in [1.82, 2.24) is 5.16 Å². The van der Waals surface area contributed by atoms with E-state index >= 15 is 0 Å². The predicted octanol–water partition coefficient (Wildman–Crippen LogP) is 7.56. The summed E-state index contributed by atoms with van der Waals surface area (Å²) < 4.78 is 5.59. The largest absolute Gasteiger partial charge is 0.361 e. The fourth-order valence-corrected chi connectivity index (χ4v) is 4.56. The number of benzene rings is 1. The van der Waals surface area contributed by atoms with Gasteiger partial charge in [0.1, 0.15) is 11.5 Å². The van der Waals surface area contributed by atoms with E-state index < -0.39 is 0 Å². The van der Waals surface area contributed by atoms with Crippen LogP contribution >= 0.6 is 11.6 Å². The molecule has 0 bridgehead atoms. The van der Waals surface area contributed by atoms with Gasteiger partial charge in [0.2, 0.25) is 0 Å². The first kappa shape index (κ1) is 22.8. The molecule has 0 N–H and O–H groups in total. The van der Waals surface area contributed by atoms with E-state index in [0.29, 0.717) is 0 Å². The monoisotopic (exact) mass is 426 g/mol. The van der Waals surface area contributed by atoms with Gasteiger partial charge in [-0.2, -0.15) is 0 Å². The van der Waals surface area contributed by atoms with E-state index in [1.807, 2.05) is 13.0 Å². The number of nitrogens with zero attached hydrogens (tertiary/aromatic N) is 2. The summed E-state index contributed by atoms with van der Waals surface area (Å²) in [5.74, 6) is 2.48. The first-order chi connectivity index (χ1) is 14.5. The zero-order valence-corrected chi connectivity index (χ0v) is 19.6. The number of aromatic nitrogens is 1. The van der Waals surface area contributed by atoms with Gasteiger partial charge < -0.3 is 4.52 Å². The van der Waals surface area contributed by atoms with Crippen molar-refractivity contribution in [3.63, 3.8) is 0 Å². The maximum Gasteiger partial charge on any atom is 0.137 e. The van der Waals surface area contributed by atoms with Gasteiger partial charge in [0.25, 0.3) is 0 Å². The Bertz CT molecular complexity index is 896. The topological polar surface area (TPSA) is 38.4 Å². The van der Waals surface area contributed by atoms with Crippen molar-refractivity contribution >= 4 is 22.9 Å². The number of hydrogen-bond acceptors (Lipinski definition) is 3. The van der Waals surface area contributed by atoms with Crippen LogP contribution in [-0.4, -0.2) is 17.4 Å². The molecule has 162 valence electrons. The average molecular weight is 427 g/mol. The summed E-state index contributed by atoms with van der Waals surface area (Å²) in [4.78, 5) is 4.77. The molecule has 2 atom stereocenters. The lowest BCUT2D eigenvalue weighted by Gasteiger charge is -2.20. The number of hydrogen-bond donors (Lipinski definition) is 0. The summed E-state index contributed by atoms with van der Waals surface area (Å²) in [6.45, 7) is 9.68. The Kier molecular flexibility index (Phi) is 8.32. The first-order valence-corrected chi connectivity index (χ1v) is 11.8. The Labute approximate surface area is 186 Å². The Morgan fingerprint density at radius 3 is 2.80 bits per heavy atom. The molecule has 0 saturated carbocycles. The van der Waals surface area contributed by atoms with Crippen LogP contribution in [0.1, 0.15) is 82.4 Å². The normalized spacial score (nSPS) is 16.2. The van der Waals surface area contributed by atoms with Crippen LogP contribution in [0.4, 0.5) is 0 Å². The predicted molar refractivity (Wildman–Crippen MR) is 128 cm³/mol. The smallest absolute Gasteiger partial charge is 0.137 e. The van der Waals surface area contributed by atoms with Crippen LogP contribution < -0.4 is 0 Å². The summed E-state index contributed by atoms with van der Waals surface area (Å²) in [5, 5.41) is 5.06. The Hall–Kier alpha value is -1.87. The van der Waals surface area contributed by atoms with Crippen LogP contribution in [0.3, 0.4) is 0 Å². The van der Waals surface area contributed by atoms with E-state index in [1.165, 1.54) is 29.5 Å². The standard InChI is InChI=1S/C26H35ClN2O/c1-5-18(3)20(6-2)11-13-24-17-26(29-30-24)19(4)28-15-14-22-9-7-8-21-10-12-23(27)16-25(21)22/h9-10,12,16-18,20H,5-8,11,13-15H2,1-4H3. The second-order valence-corrected chi connectivity index (χ2v) is 8.99. The summed E-state index contributed by atoms with van der Waals surface area (Å²) >= 11 is 6.22. The molecule has 0 amide bonds. The SMILES string of the molecule is CCC(C)C(CC)CCc1cc(C(C)=NCCC2=CCCc3ccc(Cl)cc32)no1. The number of allylic oxidation sites excluding steroid dienone is 1. The summed E-state index contributed by atoms with van der Waals surface area (Å²) in [7, 11) is 0. The van der Waals surface area contributed by atoms with Gasteiger partial charge >= 0.3 is 0 Å². The molecule has 1 aliphatic carbocycles. The van der Waals surface area contributed by atoms with Gasteiger partial charge in [-0.25, -0.2) is 0 Å². The highest BCUT2D eigenvalue weighted by molar-refractivity contribution is 6.30. The molecule has 0 saturated heterocycles. The molecule has 0 spiro atoms. The second-order valence-electron chi connectivity index (χ2n) is 8.56. The van der Waals surface area contributed by atoms with E-state index in [-0.39, 0.29) is 0 Å². The van der Waals surface area contributed by atoms with Gasteiger partial charge in [-0.3, -0.25) is 4.99 Å². The summed E-state index contributed by atoms with van der Waals surface area (Å²) in [6.07, 6.45) is 10.0. The van der Waals surface area contributed by atoms with Crippen molar-refractivity contribution in [2.24, 2.45) is 16.8 Å². The number of aryl methyl sites for hydroxylation is 2. The lowest BCUT2D eigenvalue weighted by Crippen LogP contribution is -2.10. The van der Waals surface area contributed by atoms with Crippen LogP contribution in [0.15, 0.2) is 39.9 Å². The van der Waals surface area contributed by atoms with Gasteiger partial charge in [-0.05, 0) is 73.3 Å². The van der Waals surface area contributed by atoms with Crippen molar-refractivity contribution in [3.05, 3.63) is 57.9 Å². The van der Waals surface area contributed by atoms with Crippen LogP contribution in [0, 0.1) is 11.8 Å². The Balaban J connectivity index is 1.56. The molecule has 0 radical (unpaired) electrons. The Morgan fingerprint density at radius 1 is 1.20 bits per heavy atom. The van der Waals surface area contributed by atoms with E-state index in [0.717, 1.165) is 72.7 Å². The average Bonchev–Trinajstić information content (AvgIpc) is 3.23. The van der Waals surface area contributed by atoms with Crippen LogP contribution in [0.5, 0.6) is 0 Å². The third-order valence-electron chi connectivity index (χ3n) is 6.62. The summed E-state index contributed by atoms with van der Waals surface area (Å²) in [6, 6.07) is 8.29. The van der Waals surface area contributed by atoms with Crippen LogP contribution in [0.2, 0.25) is 5.02 Å². The van der Waals surface area contributed by atoms with Gasteiger partial charge in [-0.15, -0.1) is 0 Å². The minimum Gasteiger partial charge on any atom is -0.361 e. The molecule has 1 aliphatic rings. The quantitative estimate of drug-likeness (QED) is 0.367. The maximum absolute atomic E-state index is 6.22. The number of aliphatic imine (C=N–C) groups is 1. The van der Waals surface area contributed by atoms with Crippen LogP contribution in [0.25, 0.3) is 5.57 Å². The lowest BCUT2D eigenvalue weighted by molar-refractivity contribution is 0.300. The fraction of sp³-hybridized carbons (Fsp3) is 0.538. The van der Waals surface area contributed by atoms with Crippen molar-refractivity contribution < 1.29 is 4.52 Å². The maximum atomic E-state index is 6.22. The van der Waals surface area contributed by atoms with E-state index in [4.69, 9.17) is 21.1 Å². The molecular weight excluding hydrogens is 392 g/mol. The van der Waals surface area contributed by atoms with Crippen molar-refractivity contribution in [3.8, 4) is 0 Å². The van der Waals surface area contributed by atoms with Gasteiger partial charge in [0.15, 0.2) is 0 Å². The van der Waals surface area contributed by atoms with E-state index in [2.05, 4.69) is 50.2 Å². The minimum absolute atomic E-state index is 0.748. The molecule has 30 heavy (non-hydrogen) atoms. The third-order valence-corrected chi connectivity index (χ3v) is 6.85. The molecule has 1 aromatic heterocycles. The molecule has 1 heterocycles. The van der Waals surface area contributed by atoms with E-state index in [9.17, 15) is 0 Å². The molecule has 0 aliphatic heterocycles. The third kappa shape index (κ3) is 5.85. The zero-order chi connectivity index (χ0) is 21.5. The van der Waals surface area contributed by atoms with Gasteiger partial charge in [-0.1, -0.05) is 62.5 Å². The van der Waals surface area contributed by atoms with Gasteiger partial charge in [0.05, 0.1) is 5.71 Å². The first-order valence-electron chi connectivity index (χ1n) is 11.5. The molecule has 2 aromatic rings.